The van der Waals surface area contributed by atoms with E-state index in [4.69, 9.17) is 9.47 Å². The molecule has 0 saturated carbocycles. The third-order valence-corrected chi connectivity index (χ3v) is 3.51. The van der Waals surface area contributed by atoms with Crippen molar-refractivity contribution in [1.29, 1.82) is 0 Å². The van der Waals surface area contributed by atoms with E-state index in [0.717, 1.165) is 22.6 Å². The molecular formula is C20H22O4. The molecule has 24 heavy (non-hydrogen) atoms. The molecule has 2 rings (SSSR count). The molecule has 0 atom stereocenters. The molecule has 4 nitrogen and oxygen atoms in total. The summed E-state index contributed by atoms with van der Waals surface area (Å²) in [5.41, 5.74) is 2.30. The molecule has 0 spiro atoms. The van der Waals surface area contributed by atoms with E-state index in [1.54, 1.807) is 18.2 Å². The maximum Gasteiger partial charge on any atom is 0.185 e. The maximum atomic E-state index is 12.2. The first-order valence-corrected chi connectivity index (χ1v) is 7.96. The number of carbonyl (C=O) groups is 1. The van der Waals surface area contributed by atoms with Crippen LogP contribution in [-0.4, -0.2) is 24.1 Å². The van der Waals surface area contributed by atoms with E-state index in [9.17, 15) is 9.90 Å². The zero-order chi connectivity index (χ0) is 17.5. The maximum absolute atomic E-state index is 12.2. The number of aromatic hydroxyl groups is 1. The summed E-state index contributed by atoms with van der Waals surface area (Å²) in [4.78, 5) is 12.2. The summed E-state index contributed by atoms with van der Waals surface area (Å²) < 4.78 is 11.3. The molecule has 1 N–H and O–H groups in total. The van der Waals surface area contributed by atoms with Gasteiger partial charge in [-0.1, -0.05) is 6.08 Å². The number of rotatable bonds is 7. The lowest BCUT2D eigenvalue weighted by Gasteiger charge is -2.13. The second kappa shape index (κ2) is 8.20. The lowest BCUT2D eigenvalue weighted by atomic mass is 10.1. The molecule has 0 saturated heterocycles. The standard InChI is InChI=1S/C20H22O4/c1-4-23-19-12-15(13-20(14(19)3)24-5-2)6-11-18(22)16-7-9-17(21)10-8-16/h6-13,21H,4-5H2,1-3H3/b11-6+. The lowest BCUT2D eigenvalue weighted by molar-refractivity contribution is 0.104. The molecule has 126 valence electrons. The van der Waals surface area contributed by atoms with Crippen molar-refractivity contribution in [3.05, 3.63) is 59.2 Å². The van der Waals surface area contributed by atoms with Gasteiger partial charge in [-0.2, -0.15) is 0 Å². The van der Waals surface area contributed by atoms with Gasteiger partial charge in [-0.25, -0.2) is 0 Å². The molecule has 2 aromatic rings. The Bertz CT molecular complexity index is 703. The molecule has 4 heteroatoms. The van der Waals surface area contributed by atoms with E-state index in [1.165, 1.54) is 18.2 Å². The first kappa shape index (κ1) is 17.6. The zero-order valence-electron chi connectivity index (χ0n) is 14.2. The summed E-state index contributed by atoms with van der Waals surface area (Å²) in [6.45, 7) is 6.93. The van der Waals surface area contributed by atoms with Crippen molar-refractivity contribution in [1.82, 2.24) is 0 Å². The molecule has 0 fully saturated rings. The smallest absolute Gasteiger partial charge is 0.185 e. The summed E-state index contributed by atoms with van der Waals surface area (Å²) in [6.07, 6.45) is 3.24. The van der Waals surface area contributed by atoms with Crippen molar-refractivity contribution in [2.24, 2.45) is 0 Å². The van der Waals surface area contributed by atoms with Gasteiger partial charge in [0.15, 0.2) is 5.78 Å². The summed E-state index contributed by atoms with van der Waals surface area (Å²) in [7, 11) is 0. The van der Waals surface area contributed by atoms with Crippen LogP contribution in [0.5, 0.6) is 17.2 Å². The Hall–Kier alpha value is -2.75. The Morgan fingerprint density at radius 3 is 2.08 bits per heavy atom. The molecule has 0 heterocycles. The summed E-state index contributed by atoms with van der Waals surface area (Å²) in [5, 5.41) is 9.28. The highest BCUT2D eigenvalue weighted by Crippen LogP contribution is 2.30. The third-order valence-electron chi connectivity index (χ3n) is 3.51. The highest BCUT2D eigenvalue weighted by Gasteiger charge is 2.09. The predicted molar refractivity (Wildman–Crippen MR) is 95.0 cm³/mol. The number of benzene rings is 2. The van der Waals surface area contributed by atoms with E-state index in [-0.39, 0.29) is 11.5 Å². The lowest BCUT2D eigenvalue weighted by Crippen LogP contribution is -2.00. The number of carbonyl (C=O) groups excluding carboxylic acids is 1. The van der Waals surface area contributed by atoms with E-state index < -0.39 is 0 Å². The fraction of sp³-hybridized carbons (Fsp3) is 0.250. The monoisotopic (exact) mass is 326 g/mol. The van der Waals surface area contributed by atoms with Gasteiger partial charge in [0.2, 0.25) is 0 Å². The van der Waals surface area contributed by atoms with Gasteiger partial charge in [0.05, 0.1) is 13.2 Å². The Morgan fingerprint density at radius 2 is 1.58 bits per heavy atom. The Balaban J connectivity index is 2.27. The van der Waals surface area contributed by atoms with Crippen LogP contribution in [0.3, 0.4) is 0 Å². The van der Waals surface area contributed by atoms with Crippen molar-refractivity contribution in [3.63, 3.8) is 0 Å². The van der Waals surface area contributed by atoms with Crippen LogP contribution in [0.4, 0.5) is 0 Å². The van der Waals surface area contributed by atoms with Crippen LogP contribution in [0, 0.1) is 6.92 Å². The number of ether oxygens (including phenoxy) is 2. The van der Waals surface area contributed by atoms with Crippen LogP contribution >= 0.6 is 0 Å². The number of phenols is 1. The minimum atomic E-state index is -0.133. The summed E-state index contributed by atoms with van der Waals surface area (Å²) in [6, 6.07) is 9.95. The molecular weight excluding hydrogens is 304 g/mol. The highest BCUT2D eigenvalue weighted by atomic mass is 16.5. The third kappa shape index (κ3) is 4.38. The van der Waals surface area contributed by atoms with E-state index >= 15 is 0 Å². The fourth-order valence-electron chi connectivity index (χ4n) is 2.28. The van der Waals surface area contributed by atoms with Gasteiger partial charge >= 0.3 is 0 Å². The van der Waals surface area contributed by atoms with E-state index in [2.05, 4.69) is 0 Å². The molecule has 0 radical (unpaired) electrons. The largest absolute Gasteiger partial charge is 0.508 e. The molecule has 0 aromatic heterocycles. The molecule has 0 aliphatic carbocycles. The van der Waals surface area contributed by atoms with Crippen LogP contribution in [-0.2, 0) is 0 Å². The second-order valence-corrected chi connectivity index (χ2v) is 5.25. The van der Waals surface area contributed by atoms with Crippen LogP contribution in [0.2, 0.25) is 0 Å². The van der Waals surface area contributed by atoms with Gasteiger partial charge in [0.1, 0.15) is 17.2 Å². The first-order valence-electron chi connectivity index (χ1n) is 7.96. The summed E-state index contributed by atoms with van der Waals surface area (Å²) in [5.74, 6) is 1.50. The summed E-state index contributed by atoms with van der Waals surface area (Å²) >= 11 is 0. The molecule has 0 aliphatic rings. The van der Waals surface area contributed by atoms with Gasteiger partial charge in [-0.15, -0.1) is 0 Å². The average Bonchev–Trinajstić information content (AvgIpc) is 2.57. The van der Waals surface area contributed by atoms with Gasteiger partial charge in [-0.05, 0) is 68.8 Å². The number of hydrogen-bond donors (Lipinski definition) is 1. The van der Waals surface area contributed by atoms with Crippen LogP contribution in [0.25, 0.3) is 6.08 Å². The Kier molecular flexibility index (Phi) is 6.01. The van der Waals surface area contributed by atoms with Crippen molar-refractivity contribution in [3.8, 4) is 17.2 Å². The Labute approximate surface area is 142 Å². The fourth-order valence-corrected chi connectivity index (χ4v) is 2.28. The topological polar surface area (TPSA) is 55.8 Å². The number of phenolic OH excluding ortho intramolecular Hbond substituents is 1. The number of allylic oxidation sites excluding steroid dienone is 1. The van der Waals surface area contributed by atoms with Gasteiger partial charge in [0, 0.05) is 11.1 Å². The Morgan fingerprint density at radius 1 is 1.04 bits per heavy atom. The van der Waals surface area contributed by atoms with E-state index in [0.29, 0.717) is 18.8 Å². The molecule has 0 aliphatic heterocycles. The quantitative estimate of drug-likeness (QED) is 0.605. The minimum absolute atomic E-state index is 0.133. The van der Waals surface area contributed by atoms with Crippen molar-refractivity contribution >= 4 is 11.9 Å². The first-order chi connectivity index (χ1) is 11.5. The van der Waals surface area contributed by atoms with Crippen LogP contribution < -0.4 is 9.47 Å². The number of hydrogen-bond acceptors (Lipinski definition) is 4. The minimum Gasteiger partial charge on any atom is -0.508 e. The second-order valence-electron chi connectivity index (χ2n) is 5.25. The zero-order valence-corrected chi connectivity index (χ0v) is 14.2. The molecule has 0 amide bonds. The highest BCUT2D eigenvalue weighted by molar-refractivity contribution is 6.06. The van der Waals surface area contributed by atoms with Crippen LogP contribution in [0.1, 0.15) is 35.3 Å². The van der Waals surface area contributed by atoms with Gasteiger partial charge in [-0.3, -0.25) is 4.79 Å². The van der Waals surface area contributed by atoms with Crippen molar-refractivity contribution in [2.75, 3.05) is 13.2 Å². The SMILES string of the molecule is CCOc1cc(/C=C/C(=O)c2ccc(O)cc2)cc(OCC)c1C. The molecule has 0 unspecified atom stereocenters. The normalized spacial score (nSPS) is 10.8. The van der Waals surface area contributed by atoms with Gasteiger partial charge < -0.3 is 14.6 Å². The number of ketones is 1. The average molecular weight is 326 g/mol. The van der Waals surface area contributed by atoms with Gasteiger partial charge in [0.25, 0.3) is 0 Å². The van der Waals surface area contributed by atoms with Crippen molar-refractivity contribution in [2.45, 2.75) is 20.8 Å². The van der Waals surface area contributed by atoms with Crippen LogP contribution in [0.15, 0.2) is 42.5 Å². The van der Waals surface area contributed by atoms with Crippen molar-refractivity contribution < 1.29 is 19.4 Å². The predicted octanol–water partition coefficient (Wildman–Crippen LogP) is 4.39. The molecule has 2 aromatic carbocycles. The van der Waals surface area contributed by atoms with E-state index in [1.807, 2.05) is 32.9 Å². The molecule has 0 bridgehead atoms.